The molecule has 2 atom stereocenters. The van der Waals surface area contributed by atoms with Crippen molar-refractivity contribution in [3.63, 3.8) is 0 Å². The summed E-state index contributed by atoms with van der Waals surface area (Å²) < 4.78 is 10.6. The van der Waals surface area contributed by atoms with Crippen LogP contribution in [-0.2, 0) is 4.79 Å². The molecule has 2 rings (SSSR count). The van der Waals surface area contributed by atoms with Crippen molar-refractivity contribution in [3.8, 4) is 11.5 Å². The number of likely N-dealkylation sites (tertiary alicyclic amines) is 1. The van der Waals surface area contributed by atoms with Gasteiger partial charge in [-0.3, -0.25) is 4.79 Å². The highest BCUT2D eigenvalue weighted by molar-refractivity contribution is 5.77. The van der Waals surface area contributed by atoms with Crippen LogP contribution in [-0.4, -0.2) is 49.3 Å². The normalized spacial score (nSPS) is 18.4. The zero-order chi connectivity index (χ0) is 18.6. The lowest BCUT2D eigenvalue weighted by molar-refractivity contribution is -0.143. The molecular weight excluding hydrogens is 324 g/mol. The number of nitrogens with zero attached hydrogens (tertiary/aromatic N) is 1. The van der Waals surface area contributed by atoms with Crippen molar-refractivity contribution in [2.45, 2.75) is 32.7 Å². The van der Waals surface area contributed by atoms with Gasteiger partial charge in [-0.25, -0.2) is 4.79 Å². The maximum absolute atomic E-state index is 12.5. The number of amides is 2. The Labute approximate surface area is 147 Å². The number of urea groups is 1. The van der Waals surface area contributed by atoms with Gasteiger partial charge in [0.1, 0.15) is 0 Å². The first kappa shape index (κ1) is 18.9. The Morgan fingerprint density at radius 2 is 1.92 bits per heavy atom. The monoisotopic (exact) mass is 350 g/mol. The summed E-state index contributed by atoms with van der Waals surface area (Å²) in [5.41, 5.74) is 1.91. The van der Waals surface area contributed by atoms with E-state index in [-0.39, 0.29) is 18.6 Å². The second-order valence-electron chi connectivity index (χ2n) is 6.36. The van der Waals surface area contributed by atoms with Gasteiger partial charge in [-0.2, -0.15) is 0 Å². The molecule has 7 heteroatoms. The molecule has 1 aromatic rings. The molecule has 0 radical (unpaired) electrons. The largest absolute Gasteiger partial charge is 0.493 e. The number of carboxylic acids is 1. The second kappa shape index (κ2) is 8.09. The summed E-state index contributed by atoms with van der Waals surface area (Å²) in [7, 11) is 3.15. The van der Waals surface area contributed by atoms with E-state index < -0.39 is 11.9 Å². The molecule has 1 saturated heterocycles. The lowest BCUT2D eigenvalue weighted by atomic mass is 9.98. The fourth-order valence-corrected chi connectivity index (χ4v) is 3.18. The third-order valence-electron chi connectivity index (χ3n) is 4.64. The van der Waals surface area contributed by atoms with Crippen LogP contribution < -0.4 is 14.8 Å². The van der Waals surface area contributed by atoms with Crippen molar-refractivity contribution in [1.29, 1.82) is 0 Å². The first-order valence-corrected chi connectivity index (χ1v) is 8.38. The number of carboxylic acid groups (broad SMARTS) is 1. The third kappa shape index (κ3) is 4.35. The van der Waals surface area contributed by atoms with Gasteiger partial charge >= 0.3 is 12.0 Å². The van der Waals surface area contributed by atoms with E-state index in [9.17, 15) is 9.59 Å². The van der Waals surface area contributed by atoms with E-state index in [0.717, 1.165) is 11.1 Å². The van der Waals surface area contributed by atoms with Crippen LogP contribution in [0.25, 0.3) is 0 Å². The van der Waals surface area contributed by atoms with E-state index in [4.69, 9.17) is 14.6 Å². The van der Waals surface area contributed by atoms with E-state index in [1.807, 2.05) is 26.0 Å². The molecule has 0 saturated carbocycles. The first-order chi connectivity index (χ1) is 11.9. The van der Waals surface area contributed by atoms with E-state index in [2.05, 4.69) is 5.32 Å². The fraction of sp³-hybridized carbons (Fsp3) is 0.556. The highest BCUT2D eigenvalue weighted by atomic mass is 16.5. The number of aryl methyl sites for hydroxylation is 1. The van der Waals surface area contributed by atoms with Gasteiger partial charge in [0.25, 0.3) is 0 Å². The number of piperidine rings is 1. The predicted octanol–water partition coefficient (Wildman–Crippen LogP) is 2.58. The number of hydrogen-bond acceptors (Lipinski definition) is 4. The van der Waals surface area contributed by atoms with Crippen molar-refractivity contribution in [2.75, 3.05) is 27.3 Å². The number of carbonyl (C=O) groups is 2. The topological polar surface area (TPSA) is 88.1 Å². The van der Waals surface area contributed by atoms with E-state index >= 15 is 0 Å². The molecule has 2 N–H and O–H groups in total. The van der Waals surface area contributed by atoms with Crippen LogP contribution in [0.3, 0.4) is 0 Å². The quantitative estimate of drug-likeness (QED) is 0.852. The molecule has 0 spiro atoms. The zero-order valence-electron chi connectivity index (χ0n) is 15.2. The number of benzene rings is 1. The van der Waals surface area contributed by atoms with Crippen LogP contribution >= 0.6 is 0 Å². The summed E-state index contributed by atoms with van der Waals surface area (Å²) in [6.45, 7) is 4.66. The summed E-state index contributed by atoms with van der Waals surface area (Å²) in [5.74, 6) is -0.0883. The van der Waals surface area contributed by atoms with Crippen LogP contribution in [0.2, 0.25) is 0 Å². The SMILES string of the molecule is COc1cc(C)c(C(C)NC(=O)N2CCCC(C(=O)O)C2)cc1OC. The summed E-state index contributed by atoms with van der Waals surface area (Å²) in [6.07, 6.45) is 1.32. The molecule has 2 amide bonds. The van der Waals surface area contributed by atoms with E-state index in [1.54, 1.807) is 19.1 Å². The summed E-state index contributed by atoms with van der Waals surface area (Å²) in [6, 6.07) is 3.25. The lowest BCUT2D eigenvalue weighted by Gasteiger charge is -2.32. The number of ether oxygens (including phenoxy) is 2. The molecule has 0 aliphatic carbocycles. The molecule has 2 unspecified atom stereocenters. The van der Waals surface area contributed by atoms with Crippen LogP contribution in [0.4, 0.5) is 4.79 Å². The molecule has 1 aliphatic rings. The molecule has 0 aromatic heterocycles. The van der Waals surface area contributed by atoms with Gasteiger partial charge in [-0.1, -0.05) is 0 Å². The molecule has 1 aliphatic heterocycles. The van der Waals surface area contributed by atoms with Gasteiger partial charge in [-0.15, -0.1) is 0 Å². The minimum absolute atomic E-state index is 0.238. The Bertz CT molecular complexity index is 647. The van der Waals surface area contributed by atoms with E-state index in [0.29, 0.717) is 30.9 Å². The average Bonchev–Trinajstić information content (AvgIpc) is 2.61. The first-order valence-electron chi connectivity index (χ1n) is 8.38. The Morgan fingerprint density at radius 3 is 2.52 bits per heavy atom. The number of aliphatic carboxylic acids is 1. The van der Waals surface area contributed by atoms with Gasteiger partial charge < -0.3 is 24.8 Å². The molecule has 138 valence electrons. The van der Waals surface area contributed by atoms with Crippen molar-refractivity contribution in [3.05, 3.63) is 23.3 Å². The predicted molar refractivity (Wildman–Crippen MR) is 93.2 cm³/mol. The number of nitrogens with one attached hydrogen (secondary N) is 1. The molecule has 0 bridgehead atoms. The van der Waals surface area contributed by atoms with Crippen LogP contribution in [0.15, 0.2) is 12.1 Å². The summed E-state index contributed by atoms with van der Waals surface area (Å²) >= 11 is 0. The van der Waals surface area contributed by atoms with Gasteiger partial charge in [0.15, 0.2) is 11.5 Å². The van der Waals surface area contributed by atoms with Crippen molar-refractivity contribution in [2.24, 2.45) is 5.92 Å². The van der Waals surface area contributed by atoms with E-state index in [1.165, 1.54) is 0 Å². The Morgan fingerprint density at radius 1 is 1.28 bits per heavy atom. The second-order valence-corrected chi connectivity index (χ2v) is 6.36. The van der Waals surface area contributed by atoms with Crippen molar-refractivity contribution in [1.82, 2.24) is 10.2 Å². The molecule has 7 nitrogen and oxygen atoms in total. The van der Waals surface area contributed by atoms with Crippen LogP contribution in [0, 0.1) is 12.8 Å². The fourth-order valence-electron chi connectivity index (χ4n) is 3.18. The maximum atomic E-state index is 12.5. The Hall–Kier alpha value is -2.44. The standard InChI is InChI=1S/C18H26N2O5/c1-11-8-15(24-3)16(25-4)9-14(11)12(2)19-18(23)20-7-5-6-13(10-20)17(21)22/h8-9,12-13H,5-7,10H2,1-4H3,(H,19,23)(H,21,22). The van der Waals surface area contributed by atoms with Crippen LogP contribution in [0.1, 0.15) is 36.9 Å². The van der Waals surface area contributed by atoms with Gasteiger partial charge in [-0.05, 0) is 49.9 Å². The molecular formula is C18H26N2O5. The average molecular weight is 350 g/mol. The number of methoxy groups -OCH3 is 2. The zero-order valence-corrected chi connectivity index (χ0v) is 15.2. The number of rotatable bonds is 5. The molecule has 1 fully saturated rings. The Balaban J connectivity index is 2.09. The molecule has 25 heavy (non-hydrogen) atoms. The smallest absolute Gasteiger partial charge is 0.317 e. The van der Waals surface area contributed by atoms with Gasteiger partial charge in [0, 0.05) is 13.1 Å². The third-order valence-corrected chi connectivity index (χ3v) is 4.64. The lowest BCUT2D eigenvalue weighted by Crippen LogP contribution is -2.47. The number of hydrogen-bond donors (Lipinski definition) is 2. The maximum Gasteiger partial charge on any atom is 0.317 e. The van der Waals surface area contributed by atoms with Crippen molar-refractivity contribution >= 4 is 12.0 Å². The van der Waals surface area contributed by atoms with Gasteiger partial charge in [0.2, 0.25) is 0 Å². The number of carbonyl (C=O) groups excluding carboxylic acids is 1. The highest BCUT2D eigenvalue weighted by Crippen LogP contribution is 2.33. The van der Waals surface area contributed by atoms with Crippen molar-refractivity contribution < 1.29 is 24.2 Å². The highest BCUT2D eigenvalue weighted by Gasteiger charge is 2.29. The minimum Gasteiger partial charge on any atom is -0.493 e. The van der Waals surface area contributed by atoms with Gasteiger partial charge in [0.05, 0.1) is 26.2 Å². The Kier molecular flexibility index (Phi) is 6.12. The molecule has 1 aromatic carbocycles. The minimum atomic E-state index is -0.846. The molecule has 1 heterocycles. The summed E-state index contributed by atoms with van der Waals surface area (Å²) in [4.78, 5) is 25.2. The summed E-state index contributed by atoms with van der Waals surface area (Å²) in [5, 5.41) is 12.1. The van der Waals surface area contributed by atoms with Crippen LogP contribution in [0.5, 0.6) is 11.5 Å².